The van der Waals surface area contributed by atoms with Crippen LogP contribution in [-0.2, 0) is 13.1 Å². The van der Waals surface area contributed by atoms with Gasteiger partial charge < -0.3 is 5.32 Å². The second-order valence-electron chi connectivity index (χ2n) is 6.61. The number of hydrogen-bond donors (Lipinski definition) is 1. The SMILES string of the molecule is Cc1sc(CNCC(C)C)cc1CN1CCSC(C)C1C. The summed E-state index contributed by atoms with van der Waals surface area (Å²) in [4.78, 5) is 5.63. The molecular formula is C17H30N2S2. The molecule has 4 heteroatoms. The quantitative estimate of drug-likeness (QED) is 0.846. The van der Waals surface area contributed by atoms with Crippen molar-refractivity contribution in [3.63, 3.8) is 0 Å². The Hall–Kier alpha value is -0.0300. The molecule has 0 saturated carbocycles. The Balaban J connectivity index is 1.92. The highest BCUT2D eigenvalue weighted by atomic mass is 32.2. The van der Waals surface area contributed by atoms with Crippen molar-refractivity contribution in [1.82, 2.24) is 10.2 Å². The van der Waals surface area contributed by atoms with Crippen LogP contribution in [-0.4, -0.2) is 35.0 Å². The van der Waals surface area contributed by atoms with E-state index in [1.54, 1.807) is 0 Å². The number of aryl methyl sites for hydroxylation is 1. The van der Waals surface area contributed by atoms with Gasteiger partial charge in [0, 0.05) is 46.4 Å². The molecule has 1 aromatic rings. The molecule has 2 nitrogen and oxygen atoms in total. The number of nitrogens with zero attached hydrogens (tertiary/aromatic N) is 1. The van der Waals surface area contributed by atoms with Crippen LogP contribution in [0.15, 0.2) is 6.07 Å². The van der Waals surface area contributed by atoms with Gasteiger partial charge in [-0.15, -0.1) is 11.3 Å². The predicted molar refractivity (Wildman–Crippen MR) is 97.4 cm³/mol. The fourth-order valence-electron chi connectivity index (χ4n) is 2.75. The Morgan fingerprint density at radius 3 is 2.86 bits per heavy atom. The summed E-state index contributed by atoms with van der Waals surface area (Å²) in [6, 6.07) is 3.11. The van der Waals surface area contributed by atoms with Crippen molar-refractivity contribution in [2.75, 3.05) is 18.8 Å². The highest BCUT2D eigenvalue weighted by Crippen LogP contribution is 2.28. The van der Waals surface area contributed by atoms with Crippen LogP contribution in [0.25, 0.3) is 0 Å². The van der Waals surface area contributed by atoms with Gasteiger partial charge in [0.1, 0.15) is 0 Å². The highest BCUT2D eigenvalue weighted by molar-refractivity contribution is 8.00. The first-order chi connectivity index (χ1) is 9.97. The monoisotopic (exact) mass is 326 g/mol. The molecule has 0 radical (unpaired) electrons. The Morgan fingerprint density at radius 1 is 1.38 bits per heavy atom. The van der Waals surface area contributed by atoms with Gasteiger partial charge in [0.15, 0.2) is 0 Å². The normalized spacial score (nSPS) is 23.9. The first-order valence-corrected chi connectivity index (χ1v) is 9.98. The van der Waals surface area contributed by atoms with Crippen molar-refractivity contribution in [1.29, 1.82) is 0 Å². The standard InChI is InChI=1S/C17H30N2S2/c1-12(2)9-18-10-17-8-16(15(5)21-17)11-19-6-7-20-14(4)13(19)3/h8,12-14,18H,6-7,9-11H2,1-5H3. The number of thiophene rings is 1. The van der Waals surface area contributed by atoms with E-state index in [4.69, 9.17) is 0 Å². The summed E-state index contributed by atoms with van der Waals surface area (Å²) in [5, 5.41) is 4.31. The maximum atomic E-state index is 3.55. The second kappa shape index (κ2) is 8.00. The summed E-state index contributed by atoms with van der Waals surface area (Å²) in [5.74, 6) is 2.00. The molecule has 2 rings (SSSR count). The summed E-state index contributed by atoms with van der Waals surface area (Å²) >= 11 is 4.08. The van der Waals surface area contributed by atoms with Crippen LogP contribution < -0.4 is 5.32 Å². The third kappa shape index (κ3) is 4.98. The van der Waals surface area contributed by atoms with Crippen LogP contribution in [0.5, 0.6) is 0 Å². The van der Waals surface area contributed by atoms with Gasteiger partial charge in [0.05, 0.1) is 0 Å². The van der Waals surface area contributed by atoms with Gasteiger partial charge in [-0.05, 0) is 37.9 Å². The number of nitrogens with one attached hydrogen (secondary N) is 1. The molecule has 1 aliphatic rings. The smallest absolute Gasteiger partial charge is 0.0300 e. The van der Waals surface area contributed by atoms with Crippen molar-refractivity contribution in [3.8, 4) is 0 Å². The van der Waals surface area contributed by atoms with Crippen LogP contribution in [0.1, 0.15) is 43.0 Å². The third-order valence-electron chi connectivity index (χ3n) is 4.31. The zero-order valence-electron chi connectivity index (χ0n) is 14.1. The van der Waals surface area contributed by atoms with E-state index in [2.05, 4.69) is 62.7 Å². The van der Waals surface area contributed by atoms with Gasteiger partial charge in [-0.3, -0.25) is 4.90 Å². The molecule has 2 unspecified atom stereocenters. The largest absolute Gasteiger partial charge is 0.312 e. The predicted octanol–water partition coefficient (Wildman–Crippen LogP) is 4.13. The molecule has 1 aliphatic heterocycles. The van der Waals surface area contributed by atoms with Gasteiger partial charge >= 0.3 is 0 Å². The van der Waals surface area contributed by atoms with Gasteiger partial charge in [-0.25, -0.2) is 0 Å². The molecule has 1 fully saturated rings. The molecule has 1 saturated heterocycles. The maximum absolute atomic E-state index is 3.55. The van der Waals surface area contributed by atoms with Crippen LogP contribution >= 0.6 is 23.1 Å². The first kappa shape index (κ1) is 17.3. The van der Waals surface area contributed by atoms with Crippen molar-refractivity contribution in [2.24, 2.45) is 5.92 Å². The average Bonchev–Trinajstić information content (AvgIpc) is 2.75. The number of rotatable bonds is 6. The molecular weight excluding hydrogens is 296 g/mol. The van der Waals surface area contributed by atoms with Crippen molar-refractivity contribution < 1.29 is 0 Å². The van der Waals surface area contributed by atoms with E-state index in [0.717, 1.165) is 30.8 Å². The molecule has 0 amide bonds. The lowest BCUT2D eigenvalue weighted by molar-refractivity contribution is 0.204. The Morgan fingerprint density at radius 2 is 2.14 bits per heavy atom. The topological polar surface area (TPSA) is 15.3 Å². The van der Waals surface area contributed by atoms with Gasteiger partial charge in [-0.1, -0.05) is 20.8 Å². The summed E-state index contributed by atoms with van der Waals surface area (Å²) in [5.41, 5.74) is 1.53. The lowest BCUT2D eigenvalue weighted by Gasteiger charge is -2.37. The lowest BCUT2D eigenvalue weighted by Crippen LogP contribution is -2.43. The van der Waals surface area contributed by atoms with E-state index >= 15 is 0 Å². The minimum atomic E-state index is 0.686. The molecule has 2 atom stereocenters. The summed E-state index contributed by atoms with van der Waals surface area (Å²) in [6.07, 6.45) is 0. The minimum Gasteiger partial charge on any atom is -0.312 e. The fraction of sp³-hybridized carbons (Fsp3) is 0.765. The van der Waals surface area contributed by atoms with Crippen molar-refractivity contribution in [2.45, 2.75) is 59.0 Å². The van der Waals surface area contributed by atoms with Crippen LogP contribution in [0.3, 0.4) is 0 Å². The van der Waals surface area contributed by atoms with E-state index in [0.29, 0.717) is 6.04 Å². The zero-order valence-corrected chi connectivity index (χ0v) is 15.7. The second-order valence-corrected chi connectivity index (χ2v) is 9.43. The molecule has 21 heavy (non-hydrogen) atoms. The average molecular weight is 327 g/mol. The molecule has 2 heterocycles. The van der Waals surface area contributed by atoms with Crippen LogP contribution in [0.4, 0.5) is 0 Å². The summed E-state index contributed by atoms with van der Waals surface area (Å²) < 4.78 is 0. The number of thioether (sulfide) groups is 1. The molecule has 0 spiro atoms. The van der Waals surface area contributed by atoms with Gasteiger partial charge in [-0.2, -0.15) is 11.8 Å². The van der Waals surface area contributed by atoms with Crippen LogP contribution in [0, 0.1) is 12.8 Å². The van der Waals surface area contributed by atoms with Gasteiger partial charge in [0.25, 0.3) is 0 Å². The van der Waals surface area contributed by atoms with Gasteiger partial charge in [0.2, 0.25) is 0 Å². The molecule has 1 aromatic heterocycles. The Labute approximate surface area is 138 Å². The van der Waals surface area contributed by atoms with Crippen LogP contribution in [0.2, 0.25) is 0 Å². The molecule has 0 bridgehead atoms. The lowest BCUT2D eigenvalue weighted by atomic mass is 10.1. The van der Waals surface area contributed by atoms with E-state index in [9.17, 15) is 0 Å². The van der Waals surface area contributed by atoms with E-state index in [1.165, 1.54) is 27.6 Å². The Kier molecular flexibility index (Phi) is 6.60. The minimum absolute atomic E-state index is 0.686. The third-order valence-corrected chi connectivity index (χ3v) is 6.74. The highest BCUT2D eigenvalue weighted by Gasteiger charge is 2.25. The molecule has 120 valence electrons. The van der Waals surface area contributed by atoms with Crippen molar-refractivity contribution in [3.05, 3.63) is 21.4 Å². The maximum Gasteiger partial charge on any atom is 0.0300 e. The van der Waals surface area contributed by atoms with E-state index < -0.39 is 0 Å². The van der Waals surface area contributed by atoms with E-state index in [1.807, 2.05) is 11.3 Å². The summed E-state index contributed by atoms with van der Waals surface area (Å²) in [6.45, 7) is 16.0. The van der Waals surface area contributed by atoms with E-state index in [-0.39, 0.29) is 0 Å². The molecule has 0 aliphatic carbocycles. The fourth-order valence-corrected chi connectivity index (χ4v) is 4.94. The first-order valence-electron chi connectivity index (χ1n) is 8.12. The Bertz CT molecular complexity index is 442. The molecule has 0 aromatic carbocycles. The molecule has 1 N–H and O–H groups in total. The number of hydrogen-bond acceptors (Lipinski definition) is 4. The summed E-state index contributed by atoms with van der Waals surface area (Å²) in [7, 11) is 0. The zero-order chi connectivity index (χ0) is 15.4. The van der Waals surface area contributed by atoms with Crippen molar-refractivity contribution >= 4 is 23.1 Å².